The van der Waals surface area contributed by atoms with E-state index in [1.54, 1.807) is 0 Å². The van der Waals surface area contributed by atoms with Crippen LogP contribution in [0.3, 0.4) is 0 Å². The third-order valence-corrected chi connectivity index (χ3v) is 9.75. The zero-order chi connectivity index (χ0) is 22.0. The van der Waals surface area contributed by atoms with Gasteiger partial charge >= 0.3 is 96.4 Å². The van der Waals surface area contributed by atoms with Gasteiger partial charge in [-0.25, -0.2) is 0 Å². The third-order valence-electron chi connectivity index (χ3n) is 5.22. The average Bonchev–Trinajstić information content (AvgIpc) is 3.55. The smallest absolute Gasteiger partial charge is 0.0809 e. The number of hydrogen-bond donors (Lipinski definition) is 0. The van der Waals surface area contributed by atoms with Gasteiger partial charge in [-0.2, -0.15) is 35.0 Å². The fraction of sp³-hybridized carbons (Fsp3) is 0. The minimum absolute atomic E-state index is 0.545. The van der Waals surface area contributed by atoms with E-state index in [1.165, 1.54) is 31.9 Å². The SMILES string of the molecule is [Ti]=[Si](c1ccccc1)c1ccccc1.c1ccc2[cH-]ccc2c1.c1ccc2[cH-]ccc2c1. The molecule has 32 heavy (non-hydrogen) atoms. The van der Waals surface area contributed by atoms with E-state index in [1.807, 2.05) is 0 Å². The van der Waals surface area contributed by atoms with Gasteiger partial charge in [0.25, 0.3) is 0 Å². The molecule has 6 aromatic rings. The molecule has 0 unspecified atom stereocenters. The minimum Gasteiger partial charge on any atom is -0.168 e. The molecule has 6 rings (SSSR count). The Morgan fingerprint density at radius 1 is 0.438 bits per heavy atom. The van der Waals surface area contributed by atoms with Crippen LogP contribution >= 0.6 is 0 Å². The normalized spacial score (nSPS) is 9.97. The molecule has 0 N–H and O–H groups in total. The van der Waals surface area contributed by atoms with Gasteiger partial charge in [0, 0.05) is 0 Å². The van der Waals surface area contributed by atoms with Gasteiger partial charge in [0.05, 0.1) is 0 Å². The van der Waals surface area contributed by atoms with Crippen LogP contribution in [0.15, 0.2) is 146 Å². The van der Waals surface area contributed by atoms with Gasteiger partial charge in [-0.1, -0.05) is 12.1 Å². The maximum atomic E-state index is 2.34. The largest absolute Gasteiger partial charge is 0.168 e. The summed E-state index contributed by atoms with van der Waals surface area (Å²) in [5, 5.41) is 8.28. The first-order valence-corrected chi connectivity index (χ1v) is 14.6. The number of rotatable bonds is 2. The number of benzene rings is 4. The molecule has 0 amide bonds. The van der Waals surface area contributed by atoms with Crippen molar-refractivity contribution in [2.24, 2.45) is 0 Å². The van der Waals surface area contributed by atoms with Crippen molar-refractivity contribution in [3.05, 3.63) is 146 Å². The quantitative estimate of drug-likeness (QED) is 0.206. The van der Waals surface area contributed by atoms with E-state index < -0.39 is 6.19 Å². The second kappa shape index (κ2) is 11.6. The molecule has 0 saturated carbocycles. The standard InChI is InChI=1S/C12H10Si.2C9H7.Ti/c1-3-7-11(8-4-1)13-12-9-5-2-6-10-12;2*1-2-5-9-7-3-6-8(9)4-1;/h1-10H;2*1-7H;/q;2*-1;. The van der Waals surface area contributed by atoms with Crippen molar-refractivity contribution >= 4 is 38.1 Å². The third kappa shape index (κ3) is 6.05. The summed E-state index contributed by atoms with van der Waals surface area (Å²) in [5.74, 6) is 0. The van der Waals surface area contributed by atoms with Crippen LogP contribution in [0.5, 0.6) is 0 Å². The van der Waals surface area contributed by atoms with Crippen LogP contribution in [0, 0.1) is 0 Å². The van der Waals surface area contributed by atoms with Crippen molar-refractivity contribution in [2.45, 2.75) is 0 Å². The Bertz CT molecular complexity index is 1210. The van der Waals surface area contributed by atoms with Crippen molar-refractivity contribution in [3.8, 4) is 0 Å². The van der Waals surface area contributed by atoms with E-state index in [0.717, 1.165) is 0 Å². The predicted molar refractivity (Wildman–Crippen MR) is 137 cm³/mol. The summed E-state index contributed by atoms with van der Waals surface area (Å²) in [5.41, 5.74) is 0. The molecular weight excluding hydrogens is 436 g/mol. The van der Waals surface area contributed by atoms with Crippen molar-refractivity contribution < 1.29 is 19.2 Å². The Hall–Kier alpha value is -2.97. The molecule has 0 bridgehead atoms. The molecule has 0 aromatic heterocycles. The monoisotopic (exact) mass is 460 g/mol. The van der Waals surface area contributed by atoms with E-state index in [4.69, 9.17) is 0 Å². The van der Waals surface area contributed by atoms with Gasteiger partial charge in [0.1, 0.15) is 0 Å². The Kier molecular flexibility index (Phi) is 8.06. The van der Waals surface area contributed by atoms with E-state index in [9.17, 15) is 0 Å². The molecule has 6 aromatic carbocycles. The summed E-state index contributed by atoms with van der Waals surface area (Å²) in [7, 11) is 0. The second-order valence-electron chi connectivity index (χ2n) is 7.42. The zero-order valence-corrected chi connectivity index (χ0v) is 20.4. The van der Waals surface area contributed by atoms with E-state index in [0.29, 0.717) is 0 Å². The Balaban J connectivity index is 0.000000119. The van der Waals surface area contributed by atoms with Crippen LogP contribution in [0.25, 0.3) is 21.5 Å². The molecule has 2 heteroatoms. The summed E-state index contributed by atoms with van der Waals surface area (Å²) in [6.07, 6.45) is -0.545. The van der Waals surface area contributed by atoms with Crippen LogP contribution in [-0.2, 0) is 19.2 Å². The van der Waals surface area contributed by atoms with Crippen LogP contribution in [-0.4, -0.2) is 6.19 Å². The van der Waals surface area contributed by atoms with Crippen molar-refractivity contribution in [2.75, 3.05) is 0 Å². The van der Waals surface area contributed by atoms with Crippen molar-refractivity contribution in [3.63, 3.8) is 0 Å². The summed E-state index contributed by atoms with van der Waals surface area (Å²) in [6.45, 7) is 0. The van der Waals surface area contributed by atoms with Gasteiger partial charge < -0.3 is 0 Å². The molecule has 0 aliphatic carbocycles. The summed E-state index contributed by atoms with van der Waals surface area (Å²) in [6, 6.07) is 50.9. The van der Waals surface area contributed by atoms with Crippen molar-refractivity contribution in [1.82, 2.24) is 0 Å². The number of hydrogen-bond acceptors (Lipinski definition) is 0. The van der Waals surface area contributed by atoms with Gasteiger partial charge in [-0.05, 0) is 0 Å². The van der Waals surface area contributed by atoms with Crippen molar-refractivity contribution in [1.29, 1.82) is 0 Å². The second-order valence-corrected chi connectivity index (χ2v) is 11.7. The first kappa shape index (κ1) is 22.2. The van der Waals surface area contributed by atoms with E-state index in [-0.39, 0.29) is 0 Å². The molecule has 0 atom stereocenters. The first-order chi connectivity index (χ1) is 15.8. The molecule has 0 spiro atoms. The fourth-order valence-electron chi connectivity index (χ4n) is 3.52. The average molecular weight is 460 g/mol. The maximum absolute atomic E-state index is 2.34. The number of fused-ring (bicyclic) bond motifs is 2. The Morgan fingerprint density at radius 3 is 1.22 bits per heavy atom. The predicted octanol–water partition coefficient (Wildman–Crippen LogP) is 6.46. The molecule has 0 nitrogen and oxygen atoms in total. The van der Waals surface area contributed by atoms with Crippen LogP contribution < -0.4 is 10.4 Å². The molecule has 0 aliphatic rings. The maximum Gasteiger partial charge on any atom is -0.0809 e. The molecule has 0 radical (unpaired) electrons. The van der Waals surface area contributed by atoms with Gasteiger partial charge in [0.2, 0.25) is 0 Å². The molecule has 0 aliphatic heterocycles. The topological polar surface area (TPSA) is 0 Å². The molecule has 154 valence electrons. The fourth-order valence-corrected chi connectivity index (χ4v) is 6.46. The minimum atomic E-state index is -0.545. The van der Waals surface area contributed by atoms with Gasteiger partial charge in [-0.15, -0.1) is 59.3 Å². The summed E-state index contributed by atoms with van der Waals surface area (Å²) < 4.78 is 0. The van der Waals surface area contributed by atoms with E-state index in [2.05, 4.69) is 165 Å². The van der Waals surface area contributed by atoms with E-state index >= 15 is 0 Å². The van der Waals surface area contributed by atoms with Gasteiger partial charge in [0.15, 0.2) is 0 Å². The Morgan fingerprint density at radius 2 is 0.812 bits per heavy atom. The molecule has 0 heterocycles. The van der Waals surface area contributed by atoms with Crippen LogP contribution in [0.2, 0.25) is 0 Å². The molecular formula is C30H24SiTi-2. The van der Waals surface area contributed by atoms with Crippen LogP contribution in [0.4, 0.5) is 0 Å². The molecule has 0 fully saturated rings. The first-order valence-electron chi connectivity index (χ1n) is 10.7. The summed E-state index contributed by atoms with van der Waals surface area (Å²) in [4.78, 5) is 0. The molecule has 0 saturated heterocycles. The Labute approximate surface area is 202 Å². The van der Waals surface area contributed by atoms with Crippen LogP contribution in [0.1, 0.15) is 0 Å². The van der Waals surface area contributed by atoms with Gasteiger partial charge in [-0.3, -0.25) is 0 Å². The summed E-state index contributed by atoms with van der Waals surface area (Å²) >= 11 is 2.34. The zero-order valence-electron chi connectivity index (χ0n) is 17.9.